The molecule has 0 N–H and O–H groups in total. The van der Waals surface area contributed by atoms with Crippen LogP contribution in [0.3, 0.4) is 0 Å². The van der Waals surface area contributed by atoms with Crippen molar-refractivity contribution in [1.82, 2.24) is 14.9 Å². The molecule has 0 radical (unpaired) electrons. The van der Waals surface area contributed by atoms with Crippen molar-refractivity contribution in [2.24, 2.45) is 0 Å². The van der Waals surface area contributed by atoms with E-state index in [9.17, 15) is 0 Å². The summed E-state index contributed by atoms with van der Waals surface area (Å²) in [5, 5.41) is 0.431. The molecule has 1 rings (SSSR count). The summed E-state index contributed by atoms with van der Waals surface area (Å²) in [5.41, 5.74) is 0.936. The van der Waals surface area contributed by atoms with Crippen molar-refractivity contribution in [3.8, 4) is 0 Å². The first-order valence-electron chi connectivity index (χ1n) is 5.86. The molecule has 0 bridgehead atoms. The molecule has 0 amide bonds. The predicted molar refractivity (Wildman–Crippen MR) is 69.1 cm³/mol. The van der Waals surface area contributed by atoms with E-state index in [1.54, 1.807) is 19.5 Å². The van der Waals surface area contributed by atoms with Crippen LogP contribution in [0.15, 0.2) is 12.4 Å². The summed E-state index contributed by atoms with van der Waals surface area (Å²) < 4.78 is 5.12. The third-order valence-electron chi connectivity index (χ3n) is 2.84. The summed E-state index contributed by atoms with van der Waals surface area (Å²) in [4.78, 5) is 10.6. The highest BCUT2D eigenvalue weighted by atomic mass is 35.5. The van der Waals surface area contributed by atoms with E-state index in [0.717, 1.165) is 31.8 Å². The van der Waals surface area contributed by atoms with Crippen LogP contribution in [0.5, 0.6) is 0 Å². The van der Waals surface area contributed by atoms with Gasteiger partial charge in [-0.2, -0.15) is 0 Å². The number of hydrogen-bond acceptors (Lipinski definition) is 4. The summed E-state index contributed by atoms with van der Waals surface area (Å²) in [6.45, 7) is 6.79. The summed E-state index contributed by atoms with van der Waals surface area (Å²) in [6, 6.07) is 0.502. The minimum atomic E-state index is 0.431. The van der Waals surface area contributed by atoms with Crippen molar-refractivity contribution in [3.05, 3.63) is 23.2 Å². The number of hydrogen-bond donors (Lipinski definition) is 0. The zero-order valence-electron chi connectivity index (χ0n) is 10.7. The van der Waals surface area contributed by atoms with E-state index in [2.05, 4.69) is 28.7 Å². The Morgan fingerprint density at radius 2 is 2.18 bits per heavy atom. The zero-order chi connectivity index (χ0) is 12.7. The number of nitrogens with zero attached hydrogens (tertiary/aromatic N) is 3. The highest BCUT2D eigenvalue weighted by molar-refractivity contribution is 6.29. The van der Waals surface area contributed by atoms with Gasteiger partial charge in [0, 0.05) is 26.2 Å². The largest absolute Gasteiger partial charge is 0.383 e. The molecule has 1 aromatic heterocycles. The molecular weight excluding hydrogens is 238 g/mol. The van der Waals surface area contributed by atoms with E-state index in [-0.39, 0.29) is 0 Å². The molecule has 0 aliphatic heterocycles. The van der Waals surface area contributed by atoms with Gasteiger partial charge in [-0.3, -0.25) is 9.88 Å². The van der Waals surface area contributed by atoms with Crippen LogP contribution in [0.2, 0.25) is 5.15 Å². The van der Waals surface area contributed by atoms with Crippen LogP contribution in [0.25, 0.3) is 0 Å². The number of methoxy groups -OCH3 is 1. The summed E-state index contributed by atoms with van der Waals surface area (Å²) >= 11 is 5.71. The van der Waals surface area contributed by atoms with Gasteiger partial charge in [0.25, 0.3) is 0 Å². The van der Waals surface area contributed by atoms with Crippen molar-refractivity contribution in [2.45, 2.75) is 32.9 Å². The lowest BCUT2D eigenvalue weighted by atomic mass is 10.2. The maximum Gasteiger partial charge on any atom is 0.147 e. The number of ether oxygens (including phenoxy) is 1. The van der Waals surface area contributed by atoms with Gasteiger partial charge in [-0.15, -0.1) is 0 Å². The average Bonchev–Trinajstić information content (AvgIpc) is 2.36. The van der Waals surface area contributed by atoms with Crippen LogP contribution in [-0.2, 0) is 11.3 Å². The quantitative estimate of drug-likeness (QED) is 0.752. The Labute approximate surface area is 108 Å². The molecule has 0 fully saturated rings. The fourth-order valence-corrected chi connectivity index (χ4v) is 1.65. The van der Waals surface area contributed by atoms with Crippen molar-refractivity contribution < 1.29 is 4.74 Å². The molecule has 1 atom stereocenters. The van der Waals surface area contributed by atoms with Gasteiger partial charge in [0.15, 0.2) is 0 Å². The second-order valence-electron chi connectivity index (χ2n) is 4.05. The smallest absolute Gasteiger partial charge is 0.147 e. The van der Waals surface area contributed by atoms with E-state index in [1.807, 2.05) is 0 Å². The molecule has 5 heteroatoms. The van der Waals surface area contributed by atoms with Gasteiger partial charge >= 0.3 is 0 Å². The summed E-state index contributed by atoms with van der Waals surface area (Å²) in [7, 11) is 1.72. The minimum Gasteiger partial charge on any atom is -0.383 e. The molecule has 0 saturated carbocycles. The first-order chi connectivity index (χ1) is 8.17. The number of halogens is 1. The summed E-state index contributed by atoms with van der Waals surface area (Å²) in [5.74, 6) is 0. The lowest BCUT2D eigenvalue weighted by molar-refractivity contribution is 0.117. The standard InChI is InChI=1S/C12H20ClN3O/c1-4-10(2)16(5-6-17-3)9-11-7-15-12(13)8-14-11/h7-8,10H,4-6,9H2,1-3H3. The van der Waals surface area contributed by atoms with Crippen LogP contribution in [0.4, 0.5) is 0 Å². The minimum absolute atomic E-state index is 0.431. The average molecular weight is 258 g/mol. The van der Waals surface area contributed by atoms with Crippen LogP contribution in [0, 0.1) is 0 Å². The van der Waals surface area contributed by atoms with E-state index in [1.165, 1.54) is 0 Å². The fourth-order valence-electron chi connectivity index (χ4n) is 1.55. The Morgan fingerprint density at radius 1 is 1.41 bits per heavy atom. The Balaban J connectivity index is 2.61. The molecule has 0 aliphatic carbocycles. The first-order valence-corrected chi connectivity index (χ1v) is 6.24. The van der Waals surface area contributed by atoms with Gasteiger partial charge in [-0.1, -0.05) is 18.5 Å². The molecule has 1 unspecified atom stereocenters. The third-order valence-corrected chi connectivity index (χ3v) is 3.03. The van der Waals surface area contributed by atoms with Crippen LogP contribution >= 0.6 is 11.6 Å². The molecule has 17 heavy (non-hydrogen) atoms. The monoisotopic (exact) mass is 257 g/mol. The Kier molecular flexibility index (Phi) is 6.40. The molecular formula is C12H20ClN3O. The van der Waals surface area contributed by atoms with Crippen LogP contribution < -0.4 is 0 Å². The highest BCUT2D eigenvalue weighted by Crippen LogP contribution is 2.09. The lowest BCUT2D eigenvalue weighted by Gasteiger charge is -2.27. The summed E-state index contributed by atoms with van der Waals surface area (Å²) in [6.07, 6.45) is 4.41. The second-order valence-corrected chi connectivity index (χ2v) is 4.44. The van der Waals surface area contributed by atoms with E-state index in [0.29, 0.717) is 11.2 Å². The van der Waals surface area contributed by atoms with Gasteiger partial charge in [-0.05, 0) is 13.3 Å². The maximum atomic E-state index is 5.71. The fraction of sp³-hybridized carbons (Fsp3) is 0.667. The Morgan fingerprint density at radius 3 is 2.71 bits per heavy atom. The van der Waals surface area contributed by atoms with Crippen molar-refractivity contribution in [2.75, 3.05) is 20.3 Å². The molecule has 4 nitrogen and oxygen atoms in total. The highest BCUT2D eigenvalue weighted by Gasteiger charge is 2.13. The molecule has 0 spiro atoms. The van der Waals surface area contributed by atoms with Crippen molar-refractivity contribution in [1.29, 1.82) is 0 Å². The lowest BCUT2D eigenvalue weighted by Crippen LogP contribution is -2.35. The van der Waals surface area contributed by atoms with Gasteiger partial charge in [0.2, 0.25) is 0 Å². The van der Waals surface area contributed by atoms with Crippen molar-refractivity contribution >= 4 is 11.6 Å². The topological polar surface area (TPSA) is 38.2 Å². The molecule has 0 aromatic carbocycles. The van der Waals surface area contributed by atoms with E-state index >= 15 is 0 Å². The second kappa shape index (κ2) is 7.58. The molecule has 96 valence electrons. The van der Waals surface area contributed by atoms with Crippen LogP contribution in [-0.4, -0.2) is 41.2 Å². The Bertz CT molecular complexity index is 318. The zero-order valence-corrected chi connectivity index (χ0v) is 11.4. The van der Waals surface area contributed by atoms with Gasteiger partial charge in [-0.25, -0.2) is 4.98 Å². The van der Waals surface area contributed by atoms with Crippen LogP contribution in [0.1, 0.15) is 26.0 Å². The van der Waals surface area contributed by atoms with E-state index in [4.69, 9.17) is 16.3 Å². The number of rotatable bonds is 7. The molecule has 0 aliphatic rings. The molecule has 0 saturated heterocycles. The third kappa shape index (κ3) is 4.98. The first kappa shape index (κ1) is 14.4. The van der Waals surface area contributed by atoms with Gasteiger partial charge in [0.05, 0.1) is 24.7 Å². The van der Waals surface area contributed by atoms with E-state index < -0.39 is 0 Å². The SMILES string of the molecule is CCC(C)N(CCOC)Cc1cnc(Cl)cn1. The number of aromatic nitrogens is 2. The van der Waals surface area contributed by atoms with Crippen molar-refractivity contribution in [3.63, 3.8) is 0 Å². The Hall–Kier alpha value is -0.710. The van der Waals surface area contributed by atoms with Gasteiger partial charge in [0.1, 0.15) is 5.15 Å². The molecule has 1 heterocycles. The normalized spacial score (nSPS) is 13.0. The van der Waals surface area contributed by atoms with Gasteiger partial charge < -0.3 is 4.74 Å². The molecule has 1 aromatic rings. The predicted octanol–water partition coefficient (Wildman–Crippen LogP) is 2.38. The maximum absolute atomic E-state index is 5.71.